The highest BCUT2D eigenvalue weighted by atomic mass is 16.5. The molecule has 4 nitrogen and oxygen atoms in total. The Balaban J connectivity index is 2.00. The van der Waals surface area contributed by atoms with Crippen LogP contribution in [0.1, 0.15) is 32.4 Å². The fraction of sp³-hybridized carbons (Fsp3) is 0.400. The van der Waals surface area contributed by atoms with Crippen LogP contribution >= 0.6 is 0 Å². The summed E-state index contributed by atoms with van der Waals surface area (Å²) in [6.45, 7) is 7.79. The first kappa shape index (κ1) is 13.5. The summed E-state index contributed by atoms with van der Waals surface area (Å²) in [5.74, 6) is 0.914. The second-order valence-corrected chi connectivity index (χ2v) is 4.45. The molecule has 2 rings (SSSR count). The van der Waals surface area contributed by atoms with Crippen LogP contribution in [0.25, 0.3) is 0 Å². The van der Waals surface area contributed by atoms with Gasteiger partial charge in [0.15, 0.2) is 0 Å². The summed E-state index contributed by atoms with van der Waals surface area (Å²) in [6.07, 6.45) is 3.87. The molecule has 0 radical (unpaired) electrons. The van der Waals surface area contributed by atoms with Gasteiger partial charge in [-0.15, -0.1) is 0 Å². The Bertz CT molecular complexity index is 504. The number of rotatable bonds is 6. The Morgan fingerprint density at radius 1 is 1.26 bits per heavy atom. The molecule has 0 saturated carbocycles. The van der Waals surface area contributed by atoms with Crippen molar-refractivity contribution >= 4 is 5.69 Å². The molecule has 1 heterocycles. The average Bonchev–Trinajstić information content (AvgIpc) is 2.87. The van der Waals surface area contributed by atoms with Gasteiger partial charge >= 0.3 is 0 Å². The number of hydrogen-bond donors (Lipinski definition) is 1. The first-order valence-electron chi connectivity index (χ1n) is 6.74. The molecule has 1 unspecified atom stereocenters. The predicted octanol–water partition coefficient (Wildman–Crippen LogP) is 3.47. The van der Waals surface area contributed by atoms with Gasteiger partial charge in [0.25, 0.3) is 0 Å². The van der Waals surface area contributed by atoms with E-state index in [1.165, 1.54) is 5.56 Å². The molecule has 1 N–H and O–H groups in total. The number of nitrogens with zero attached hydrogens (tertiary/aromatic N) is 2. The number of nitrogens with one attached hydrogen (secondary N) is 1. The Morgan fingerprint density at radius 3 is 2.58 bits per heavy atom. The maximum atomic E-state index is 5.44. The normalized spacial score (nSPS) is 12.2. The molecule has 1 aromatic heterocycles. The SMILES string of the molecule is CCOc1ccc(C(C)Nc2cnn(CC)c2)cc1. The van der Waals surface area contributed by atoms with Crippen molar-refractivity contribution in [3.8, 4) is 5.75 Å². The lowest BCUT2D eigenvalue weighted by Crippen LogP contribution is -2.06. The van der Waals surface area contributed by atoms with Crippen LogP contribution in [0.4, 0.5) is 5.69 Å². The van der Waals surface area contributed by atoms with E-state index in [0.717, 1.165) is 18.0 Å². The first-order valence-corrected chi connectivity index (χ1v) is 6.74. The van der Waals surface area contributed by atoms with Gasteiger partial charge in [-0.05, 0) is 38.5 Å². The fourth-order valence-corrected chi connectivity index (χ4v) is 1.96. The molecule has 1 aromatic carbocycles. The monoisotopic (exact) mass is 259 g/mol. The van der Waals surface area contributed by atoms with E-state index in [0.29, 0.717) is 6.61 Å². The van der Waals surface area contributed by atoms with Gasteiger partial charge in [-0.25, -0.2) is 0 Å². The second-order valence-electron chi connectivity index (χ2n) is 4.45. The van der Waals surface area contributed by atoms with E-state index in [-0.39, 0.29) is 6.04 Å². The molecule has 0 amide bonds. The molecule has 0 aliphatic carbocycles. The van der Waals surface area contributed by atoms with E-state index in [4.69, 9.17) is 4.74 Å². The predicted molar refractivity (Wildman–Crippen MR) is 77.5 cm³/mol. The quantitative estimate of drug-likeness (QED) is 0.863. The number of benzene rings is 1. The molecule has 4 heteroatoms. The van der Waals surface area contributed by atoms with Crippen LogP contribution < -0.4 is 10.1 Å². The molecule has 19 heavy (non-hydrogen) atoms. The number of hydrogen-bond acceptors (Lipinski definition) is 3. The third kappa shape index (κ3) is 3.50. The summed E-state index contributed by atoms with van der Waals surface area (Å²) >= 11 is 0. The van der Waals surface area contributed by atoms with Gasteiger partial charge in [0.2, 0.25) is 0 Å². The second kappa shape index (κ2) is 6.27. The van der Waals surface area contributed by atoms with Gasteiger partial charge in [0.05, 0.1) is 18.5 Å². The fourth-order valence-electron chi connectivity index (χ4n) is 1.96. The molecule has 1 atom stereocenters. The Kier molecular flexibility index (Phi) is 4.44. The molecule has 2 aromatic rings. The van der Waals surface area contributed by atoms with Gasteiger partial charge in [-0.1, -0.05) is 12.1 Å². The number of anilines is 1. The van der Waals surface area contributed by atoms with E-state index >= 15 is 0 Å². The largest absolute Gasteiger partial charge is 0.494 e. The number of aromatic nitrogens is 2. The van der Waals surface area contributed by atoms with E-state index < -0.39 is 0 Å². The zero-order chi connectivity index (χ0) is 13.7. The lowest BCUT2D eigenvalue weighted by atomic mass is 10.1. The van der Waals surface area contributed by atoms with Crippen molar-refractivity contribution in [2.75, 3.05) is 11.9 Å². The van der Waals surface area contributed by atoms with Gasteiger partial charge in [0.1, 0.15) is 5.75 Å². The van der Waals surface area contributed by atoms with Crippen molar-refractivity contribution in [3.63, 3.8) is 0 Å². The lowest BCUT2D eigenvalue weighted by Gasteiger charge is -2.14. The highest BCUT2D eigenvalue weighted by Crippen LogP contribution is 2.21. The topological polar surface area (TPSA) is 39.1 Å². The van der Waals surface area contributed by atoms with Crippen molar-refractivity contribution in [1.29, 1.82) is 0 Å². The standard InChI is InChI=1S/C15H21N3O/c1-4-18-11-14(10-16-18)17-12(3)13-6-8-15(9-7-13)19-5-2/h6-12,17H,4-5H2,1-3H3. The summed E-state index contributed by atoms with van der Waals surface area (Å²) in [4.78, 5) is 0. The molecular weight excluding hydrogens is 238 g/mol. The van der Waals surface area contributed by atoms with E-state index in [2.05, 4.69) is 36.4 Å². The summed E-state index contributed by atoms with van der Waals surface area (Å²) in [6, 6.07) is 8.43. The summed E-state index contributed by atoms with van der Waals surface area (Å²) in [5, 5.41) is 7.69. The Hall–Kier alpha value is -1.97. The summed E-state index contributed by atoms with van der Waals surface area (Å²) < 4.78 is 7.35. The maximum absolute atomic E-state index is 5.44. The first-order chi connectivity index (χ1) is 9.22. The molecular formula is C15H21N3O. The molecule has 0 saturated heterocycles. The highest BCUT2D eigenvalue weighted by Gasteiger charge is 2.06. The summed E-state index contributed by atoms with van der Waals surface area (Å²) in [5.41, 5.74) is 2.27. The average molecular weight is 259 g/mol. The summed E-state index contributed by atoms with van der Waals surface area (Å²) in [7, 11) is 0. The van der Waals surface area contributed by atoms with Gasteiger partial charge < -0.3 is 10.1 Å². The molecule has 0 spiro atoms. The van der Waals surface area contributed by atoms with Gasteiger partial charge in [0, 0.05) is 18.8 Å². The zero-order valence-corrected chi connectivity index (χ0v) is 11.8. The smallest absolute Gasteiger partial charge is 0.119 e. The van der Waals surface area contributed by atoms with E-state index in [1.54, 1.807) is 0 Å². The van der Waals surface area contributed by atoms with Crippen LogP contribution in [0.2, 0.25) is 0 Å². The van der Waals surface area contributed by atoms with Crippen molar-refractivity contribution in [1.82, 2.24) is 9.78 Å². The van der Waals surface area contributed by atoms with Crippen LogP contribution in [0, 0.1) is 0 Å². The molecule has 0 aliphatic rings. The van der Waals surface area contributed by atoms with Crippen molar-refractivity contribution < 1.29 is 4.74 Å². The molecule has 0 bridgehead atoms. The maximum Gasteiger partial charge on any atom is 0.119 e. The minimum Gasteiger partial charge on any atom is -0.494 e. The van der Waals surface area contributed by atoms with Crippen LogP contribution in [0.15, 0.2) is 36.7 Å². The number of ether oxygens (including phenoxy) is 1. The van der Waals surface area contributed by atoms with Crippen LogP contribution in [0.5, 0.6) is 5.75 Å². The molecule has 102 valence electrons. The molecule has 0 aliphatic heterocycles. The van der Waals surface area contributed by atoms with Crippen molar-refractivity contribution in [2.24, 2.45) is 0 Å². The van der Waals surface area contributed by atoms with Crippen LogP contribution in [0.3, 0.4) is 0 Å². The zero-order valence-electron chi connectivity index (χ0n) is 11.8. The highest BCUT2D eigenvalue weighted by molar-refractivity contribution is 5.42. The van der Waals surface area contributed by atoms with Crippen LogP contribution in [-0.4, -0.2) is 16.4 Å². The minimum atomic E-state index is 0.241. The van der Waals surface area contributed by atoms with E-state index in [9.17, 15) is 0 Å². The van der Waals surface area contributed by atoms with Crippen molar-refractivity contribution in [3.05, 3.63) is 42.2 Å². The van der Waals surface area contributed by atoms with E-state index in [1.807, 2.05) is 36.1 Å². The minimum absolute atomic E-state index is 0.241. The van der Waals surface area contributed by atoms with Gasteiger partial charge in [-0.3, -0.25) is 4.68 Å². The number of aryl methyl sites for hydroxylation is 1. The Labute approximate surface area is 114 Å². The van der Waals surface area contributed by atoms with Crippen LogP contribution in [-0.2, 0) is 6.54 Å². The third-order valence-electron chi connectivity index (χ3n) is 3.03. The third-order valence-corrected chi connectivity index (χ3v) is 3.03. The molecule has 0 fully saturated rings. The lowest BCUT2D eigenvalue weighted by molar-refractivity contribution is 0.340. The van der Waals surface area contributed by atoms with Gasteiger partial charge in [-0.2, -0.15) is 5.10 Å². The van der Waals surface area contributed by atoms with Crippen molar-refractivity contribution in [2.45, 2.75) is 33.4 Å². The Morgan fingerprint density at radius 2 is 2.00 bits per heavy atom.